The average Bonchev–Trinajstić information content (AvgIpc) is 2.60. The lowest BCUT2D eigenvalue weighted by Crippen LogP contribution is -2.52. The summed E-state index contributed by atoms with van der Waals surface area (Å²) in [4.78, 5) is 38.0. The molecule has 3 amide bonds. The van der Waals surface area contributed by atoms with Crippen LogP contribution in [0.5, 0.6) is 0 Å². The number of hydrogen-bond acceptors (Lipinski definition) is 3. The first-order valence-corrected chi connectivity index (χ1v) is 9.80. The summed E-state index contributed by atoms with van der Waals surface area (Å²) >= 11 is 0. The van der Waals surface area contributed by atoms with E-state index < -0.39 is 0 Å². The number of amides is 3. The number of carbonyl (C=O) groups excluding carboxylic acids is 3. The minimum Gasteiger partial charge on any atom is -0.351 e. The van der Waals surface area contributed by atoms with Crippen molar-refractivity contribution in [3.8, 4) is 0 Å². The molecule has 2 rings (SSSR count). The molecular formula is C19H33N3O3. The highest BCUT2D eigenvalue weighted by atomic mass is 16.2. The summed E-state index contributed by atoms with van der Waals surface area (Å²) in [5.41, 5.74) is 0. The van der Waals surface area contributed by atoms with Crippen molar-refractivity contribution in [3.63, 3.8) is 0 Å². The molecule has 6 heteroatoms. The van der Waals surface area contributed by atoms with Gasteiger partial charge in [-0.15, -0.1) is 0 Å². The van der Waals surface area contributed by atoms with E-state index in [2.05, 4.69) is 10.6 Å². The number of carbonyl (C=O) groups is 3. The van der Waals surface area contributed by atoms with E-state index in [-0.39, 0.29) is 36.2 Å². The van der Waals surface area contributed by atoms with E-state index in [9.17, 15) is 14.4 Å². The van der Waals surface area contributed by atoms with E-state index in [4.69, 9.17) is 0 Å². The molecule has 0 bridgehead atoms. The summed E-state index contributed by atoms with van der Waals surface area (Å²) in [7, 11) is 0. The van der Waals surface area contributed by atoms with Crippen LogP contribution in [0.1, 0.15) is 65.2 Å². The van der Waals surface area contributed by atoms with Gasteiger partial charge in [0.25, 0.3) is 0 Å². The van der Waals surface area contributed by atoms with Crippen LogP contribution in [0.15, 0.2) is 0 Å². The molecule has 6 nitrogen and oxygen atoms in total. The van der Waals surface area contributed by atoms with Crippen LogP contribution < -0.4 is 10.6 Å². The van der Waals surface area contributed by atoms with Gasteiger partial charge in [0.05, 0.1) is 6.54 Å². The van der Waals surface area contributed by atoms with Crippen LogP contribution >= 0.6 is 0 Å². The molecule has 1 unspecified atom stereocenters. The molecule has 0 spiro atoms. The Morgan fingerprint density at radius 3 is 2.44 bits per heavy atom. The molecule has 142 valence electrons. The lowest BCUT2D eigenvalue weighted by atomic mass is 9.87. The first kappa shape index (κ1) is 19.7. The largest absolute Gasteiger partial charge is 0.351 e. The minimum atomic E-state index is -0.0551. The third-order valence-corrected chi connectivity index (χ3v) is 5.28. The molecule has 1 saturated heterocycles. The van der Waals surface area contributed by atoms with Crippen LogP contribution in [-0.2, 0) is 14.4 Å². The number of rotatable bonds is 6. The smallest absolute Gasteiger partial charge is 0.242 e. The molecule has 2 fully saturated rings. The Bertz CT molecular complexity index is 473. The highest BCUT2D eigenvalue weighted by Crippen LogP contribution is 2.26. The van der Waals surface area contributed by atoms with Gasteiger partial charge in [0.1, 0.15) is 0 Å². The molecule has 0 aromatic heterocycles. The molecule has 25 heavy (non-hydrogen) atoms. The van der Waals surface area contributed by atoms with E-state index in [1.54, 1.807) is 4.90 Å². The Labute approximate surface area is 151 Å². The molecule has 1 saturated carbocycles. The van der Waals surface area contributed by atoms with Gasteiger partial charge in [0, 0.05) is 31.5 Å². The highest BCUT2D eigenvalue weighted by Gasteiger charge is 2.25. The Balaban J connectivity index is 1.70. The molecule has 1 heterocycles. The normalized spacial score (nSPS) is 21.9. The van der Waals surface area contributed by atoms with Gasteiger partial charge in [-0.05, 0) is 31.6 Å². The maximum atomic E-state index is 12.4. The lowest BCUT2D eigenvalue weighted by Gasteiger charge is -2.33. The molecule has 0 aromatic rings. The van der Waals surface area contributed by atoms with E-state index >= 15 is 0 Å². The van der Waals surface area contributed by atoms with Gasteiger partial charge >= 0.3 is 0 Å². The number of nitrogens with zero attached hydrogens (tertiary/aromatic N) is 1. The van der Waals surface area contributed by atoms with Crippen LogP contribution in [-0.4, -0.2) is 48.3 Å². The van der Waals surface area contributed by atoms with Gasteiger partial charge in [-0.1, -0.05) is 33.1 Å². The van der Waals surface area contributed by atoms with E-state index in [0.717, 1.165) is 25.7 Å². The van der Waals surface area contributed by atoms with Crippen molar-refractivity contribution in [2.24, 2.45) is 11.8 Å². The molecule has 1 aliphatic carbocycles. The van der Waals surface area contributed by atoms with Gasteiger partial charge in [0.15, 0.2) is 0 Å². The van der Waals surface area contributed by atoms with Crippen molar-refractivity contribution in [2.45, 2.75) is 71.3 Å². The quantitative estimate of drug-likeness (QED) is 0.766. The molecular weight excluding hydrogens is 318 g/mol. The first-order chi connectivity index (χ1) is 12.0. The van der Waals surface area contributed by atoms with Crippen LogP contribution in [0.3, 0.4) is 0 Å². The van der Waals surface area contributed by atoms with Crippen molar-refractivity contribution >= 4 is 17.7 Å². The standard InChI is InChI=1S/C19H33N3O3/c1-14(2)19(25)21-16-9-6-10-22(13-16)18(24)12-20-17(23)11-15-7-4-3-5-8-15/h14-16H,3-13H2,1-2H3,(H,20,23)(H,21,25). The van der Waals surface area contributed by atoms with E-state index in [1.807, 2.05) is 13.8 Å². The summed E-state index contributed by atoms with van der Waals surface area (Å²) in [6.07, 6.45) is 8.29. The number of piperidine rings is 1. The van der Waals surface area contributed by atoms with E-state index in [0.29, 0.717) is 25.4 Å². The fraction of sp³-hybridized carbons (Fsp3) is 0.842. The summed E-state index contributed by atoms with van der Waals surface area (Å²) < 4.78 is 0. The first-order valence-electron chi connectivity index (χ1n) is 9.80. The second-order valence-corrected chi connectivity index (χ2v) is 7.83. The zero-order valence-corrected chi connectivity index (χ0v) is 15.7. The number of nitrogens with one attached hydrogen (secondary N) is 2. The Kier molecular flexibility index (Phi) is 7.72. The van der Waals surface area contributed by atoms with Crippen molar-refractivity contribution in [1.29, 1.82) is 0 Å². The zero-order chi connectivity index (χ0) is 18.2. The fourth-order valence-corrected chi connectivity index (χ4v) is 3.70. The molecule has 1 aliphatic heterocycles. The summed E-state index contributed by atoms with van der Waals surface area (Å²) in [5, 5.41) is 5.79. The maximum Gasteiger partial charge on any atom is 0.242 e. The second kappa shape index (κ2) is 9.78. The minimum absolute atomic E-state index is 0.0121. The molecule has 0 radical (unpaired) electrons. The topological polar surface area (TPSA) is 78.5 Å². The highest BCUT2D eigenvalue weighted by molar-refractivity contribution is 5.85. The Morgan fingerprint density at radius 1 is 1.04 bits per heavy atom. The average molecular weight is 351 g/mol. The van der Waals surface area contributed by atoms with E-state index in [1.165, 1.54) is 19.3 Å². The van der Waals surface area contributed by atoms with Crippen LogP contribution in [0, 0.1) is 11.8 Å². The van der Waals surface area contributed by atoms with Gasteiger partial charge in [-0.3, -0.25) is 14.4 Å². The van der Waals surface area contributed by atoms with Gasteiger partial charge in [-0.2, -0.15) is 0 Å². The van der Waals surface area contributed by atoms with Crippen molar-refractivity contribution in [3.05, 3.63) is 0 Å². The van der Waals surface area contributed by atoms with Crippen LogP contribution in [0.25, 0.3) is 0 Å². The third kappa shape index (κ3) is 6.67. The Morgan fingerprint density at radius 2 is 1.76 bits per heavy atom. The van der Waals surface area contributed by atoms with Crippen molar-refractivity contribution < 1.29 is 14.4 Å². The predicted octanol–water partition coefficient (Wildman–Crippen LogP) is 1.84. The van der Waals surface area contributed by atoms with Crippen molar-refractivity contribution in [2.75, 3.05) is 19.6 Å². The molecule has 1 atom stereocenters. The van der Waals surface area contributed by atoms with Gasteiger partial charge in [-0.25, -0.2) is 0 Å². The van der Waals surface area contributed by atoms with Crippen molar-refractivity contribution in [1.82, 2.24) is 15.5 Å². The van der Waals surface area contributed by atoms with Crippen LogP contribution in [0.4, 0.5) is 0 Å². The monoisotopic (exact) mass is 351 g/mol. The summed E-state index contributed by atoms with van der Waals surface area (Å²) in [5.74, 6) is 0.391. The number of hydrogen-bond donors (Lipinski definition) is 2. The van der Waals surface area contributed by atoms with Crippen LogP contribution in [0.2, 0.25) is 0 Å². The second-order valence-electron chi connectivity index (χ2n) is 7.83. The van der Waals surface area contributed by atoms with Gasteiger partial charge in [0.2, 0.25) is 17.7 Å². The molecule has 2 N–H and O–H groups in total. The SMILES string of the molecule is CC(C)C(=O)NC1CCCN(C(=O)CNC(=O)CC2CCCCC2)C1. The Hall–Kier alpha value is -1.59. The molecule has 0 aromatic carbocycles. The zero-order valence-electron chi connectivity index (χ0n) is 15.7. The fourth-order valence-electron chi connectivity index (χ4n) is 3.70. The van der Waals surface area contributed by atoms with Gasteiger partial charge < -0.3 is 15.5 Å². The predicted molar refractivity (Wildman–Crippen MR) is 96.8 cm³/mol. The molecule has 2 aliphatic rings. The third-order valence-electron chi connectivity index (χ3n) is 5.28. The number of likely N-dealkylation sites (tertiary alicyclic amines) is 1. The lowest BCUT2D eigenvalue weighted by molar-refractivity contribution is -0.135. The summed E-state index contributed by atoms with van der Waals surface area (Å²) in [6.45, 7) is 5.03. The summed E-state index contributed by atoms with van der Waals surface area (Å²) in [6, 6.07) is 0.0190. The maximum absolute atomic E-state index is 12.4.